The molecule has 2 nitrogen and oxygen atoms in total. The number of rotatable bonds is 4. The Labute approximate surface area is 106 Å². The quantitative estimate of drug-likeness (QED) is 0.914. The van der Waals surface area contributed by atoms with Crippen molar-refractivity contribution < 1.29 is 0 Å². The summed E-state index contributed by atoms with van der Waals surface area (Å²) in [6, 6.07) is 9.08. The molecule has 16 heavy (non-hydrogen) atoms. The van der Waals surface area contributed by atoms with Crippen LogP contribution in [0.2, 0.25) is 0 Å². The fourth-order valence-corrected chi connectivity index (χ4v) is 3.00. The van der Waals surface area contributed by atoms with Gasteiger partial charge in [-0.2, -0.15) is 0 Å². The average molecular weight is 283 g/mol. The molecule has 1 atom stereocenters. The van der Waals surface area contributed by atoms with Gasteiger partial charge in [-0.05, 0) is 51.7 Å². The maximum Gasteiger partial charge on any atom is 0.0525 e. The lowest BCUT2D eigenvalue weighted by Crippen LogP contribution is -2.41. The molecule has 1 fully saturated rings. The van der Waals surface area contributed by atoms with Crippen LogP contribution in [0.1, 0.15) is 24.4 Å². The SMILES string of the molecule is CNC1(C(c2cccc(Br)c2)N(C)C)CC1. The Balaban J connectivity index is 2.33. The van der Waals surface area contributed by atoms with Gasteiger partial charge in [0.15, 0.2) is 0 Å². The number of benzene rings is 1. The van der Waals surface area contributed by atoms with E-state index in [-0.39, 0.29) is 5.54 Å². The minimum Gasteiger partial charge on any atom is -0.313 e. The summed E-state index contributed by atoms with van der Waals surface area (Å²) in [5, 5.41) is 3.49. The van der Waals surface area contributed by atoms with Gasteiger partial charge >= 0.3 is 0 Å². The van der Waals surface area contributed by atoms with E-state index in [9.17, 15) is 0 Å². The molecule has 1 aromatic rings. The van der Waals surface area contributed by atoms with Gasteiger partial charge in [0.25, 0.3) is 0 Å². The lowest BCUT2D eigenvalue weighted by atomic mass is 9.96. The Morgan fingerprint density at radius 2 is 2.06 bits per heavy atom. The van der Waals surface area contributed by atoms with Crippen molar-refractivity contribution in [3.63, 3.8) is 0 Å². The van der Waals surface area contributed by atoms with E-state index in [1.54, 1.807) is 0 Å². The van der Waals surface area contributed by atoms with Gasteiger partial charge in [-0.25, -0.2) is 0 Å². The smallest absolute Gasteiger partial charge is 0.0525 e. The van der Waals surface area contributed by atoms with E-state index in [1.165, 1.54) is 18.4 Å². The Morgan fingerprint density at radius 3 is 2.50 bits per heavy atom. The number of nitrogens with one attached hydrogen (secondary N) is 1. The van der Waals surface area contributed by atoms with Gasteiger partial charge in [0, 0.05) is 10.0 Å². The molecular weight excluding hydrogens is 264 g/mol. The number of hydrogen-bond acceptors (Lipinski definition) is 2. The molecule has 0 aromatic heterocycles. The fraction of sp³-hybridized carbons (Fsp3) is 0.538. The van der Waals surface area contributed by atoms with Crippen molar-refractivity contribution in [2.45, 2.75) is 24.4 Å². The summed E-state index contributed by atoms with van der Waals surface area (Å²) >= 11 is 3.55. The Kier molecular flexibility index (Phi) is 3.38. The van der Waals surface area contributed by atoms with E-state index in [4.69, 9.17) is 0 Å². The van der Waals surface area contributed by atoms with E-state index >= 15 is 0 Å². The first-order valence-corrected chi connectivity index (χ1v) is 6.49. The molecule has 0 radical (unpaired) electrons. The second-order valence-electron chi connectivity index (χ2n) is 4.83. The van der Waals surface area contributed by atoms with Gasteiger partial charge < -0.3 is 10.2 Å². The molecule has 1 saturated carbocycles. The first-order valence-electron chi connectivity index (χ1n) is 5.70. The number of hydrogen-bond donors (Lipinski definition) is 1. The Bertz CT molecular complexity index is 372. The summed E-state index contributed by atoms with van der Waals surface area (Å²) in [5.74, 6) is 0. The standard InChI is InChI=1S/C13H19BrN2/c1-15-13(7-8-13)12(16(2)3)10-5-4-6-11(14)9-10/h4-6,9,12,15H,7-8H2,1-3H3. The van der Waals surface area contributed by atoms with Crippen LogP contribution in [0, 0.1) is 0 Å². The molecule has 3 heteroatoms. The molecule has 0 heterocycles. The summed E-state index contributed by atoms with van der Waals surface area (Å²) in [6.45, 7) is 0. The summed E-state index contributed by atoms with van der Waals surface area (Å²) in [4.78, 5) is 2.31. The van der Waals surface area contributed by atoms with Gasteiger partial charge in [-0.1, -0.05) is 28.1 Å². The van der Waals surface area contributed by atoms with E-state index < -0.39 is 0 Å². The monoisotopic (exact) mass is 282 g/mol. The predicted molar refractivity (Wildman–Crippen MR) is 71.6 cm³/mol. The molecule has 0 aliphatic heterocycles. The molecule has 0 bridgehead atoms. The molecule has 0 saturated heterocycles. The lowest BCUT2D eigenvalue weighted by Gasteiger charge is -2.33. The molecular formula is C13H19BrN2. The zero-order valence-corrected chi connectivity index (χ0v) is 11.7. The molecule has 2 rings (SSSR count). The van der Waals surface area contributed by atoms with Gasteiger partial charge in [0.1, 0.15) is 0 Å². The third kappa shape index (κ3) is 2.17. The third-order valence-electron chi connectivity index (χ3n) is 3.49. The van der Waals surface area contributed by atoms with Crippen LogP contribution in [0.3, 0.4) is 0 Å². The predicted octanol–water partition coefficient (Wildman–Crippen LogP) is 2.80. The van der Waals surface area contributed by atoms with Gasteiger partial charge in [-0.15, -0.1) is 0 Å². The van der Waals surface area contributed by atoms with E-state index in [0.717, 1.165) is 4.47 Å². The average Bonchev–Trinajstić information content (AvgIpc) is 2.99. The summed E-state index contributed by atoms with van der Waals surface area (Å²) < 4.78 is 1.16. The topological polar surface area (TPSA) is 15.3 Å². The largest absolute Gasteiger partial charge is 0.313 e. The molecule has 1 N–H and O–H groups in total. The number of halogens is 1. The molecule has 0 spiro atoms. The second-order valence-corrected chi connectivity index (χ2v) is 5.74. The number of likely N-dealkylation sites (N-methyl/N-ethyl adjacent to an activating group) is 2. The van der Waals surface area contributed by atoms with Crippen molar-refractivity contribution in [3.05, 3.63) is 34.3 Å². The highest BCUT2D eigenvalue weighted by Gasteiger charge is 2.49. The normalized spacial score (nSPS) is 19.8. The van der Waals surface area contributed by atoms with Crippen LogP contribution in [0.4, 0.5) is 0 Å². The highest BCUT2D eigenvalue weighted by atomic mass is 79.9. The minimum absolute atomic E-state index is 0.282. The van der Waals surface area contributed by atoms with Crippen LogP contribution < -0.4 is 5.32 Å². The van der Waals surface area contributed by atoms with E-state index in [1.807, 2.05) is 0 Å². The van der Waals surface area contributed by atoms with Gasteiger partial charge in [0.05, 0.1) is 6.04 Å². The first-order chi connectivity index (χ1) is 7.59. The van der Waals surface area contributed by atoms with E-state index in [2.05, 4.69) is 71.6 Å². The molecule has 1 unspecified atom stereocenters. The summed E-state index contributed by atoms with van der Waals surface area (Å²) in [6.07, 6.45) is 2.53. The van der Waals surface area contributed by atoms with E-state index in [0.29, 0.717) is 6.04 Å². The van der Waals surface area contributed by atoms with Crippen molar-refractivity contribution in [1.29, 1.82) is 0 Å². The molecule has 0 amide bonds. The molecule has 1 aliphatic rings. The summed E-state index contributed by atoms with van der Waals surface area (Å²) in [7, 11) is 6.38. The zero-order valence-electron chi connectivity index (χ0n) is 10.1. The second kappa shape index (κ2) is 4.47. The van der Waals surface area contributed by atoms with Crippen molar-refractivity contribution >= 4 is 15.9 Å². The highest BCUT2D eigenvalue weighted by Crippen LogP contribution is 2.48. The van der Waals surface area contributed by atoms with Crippen molar-refractivity contribution in [1.82, 2.24) is 10.2 Å². The summed E-state index contributed by atoms with van der Waals surface area (Å²) in [5.41, 5.74) is 1.66. The first kappa shape index (κ1) is 12.1. The van der Waals surface area contributed by atoms with Crippen LogP contribution in [0.15, 0.2) is 28.7 Å². The maximum absolute atomic E-state index is 3.55. The van der Waals surface area contributed by atoms with Crippen LogP contribution >= 0.6 is 15.9 Å². The fourth-order valence-electron chi connectivity index (χ4n) is 2.58. The zero-order chi connectivity index (χ0) is 11.8. The van der Waals surface area contributed by atoms with Gasteiger partial charge in [-0.3, -0.25) is 0 Å². The van der Waals surface area contributed by atoms with Crippen LogP contribution in [-0.2, 0) is 0 Å². The maximum atomic E-state index is 3.55. The van der Waals surface area contributed by atoms with Gasteiger partial charge in [0.2, 0.25) is 0 Å². The Morgan fingerprint density at radius 1 is 1.38 bits per heavy atom. The lowest BCUT2D eigenvalue weighted by molar-refractivity contribution is 0.223. The van der Waals surface area contributed by atoms with Crippen LogP contribution in [0.5, 0.6) is 0 Å². The Hall–Kier alpha value is -0.380. The van der Waals surface area contributed by atoms with Crippen molar-refractivity contribution in [2.24, 2.45) is 0 Å². The molecule has 1 aromatic carbocycles. The molecule has 1 aliphatic carbocycles. The molecule has 88 valence electrons. The number of nitrogens with zero attached hydrogens (tertiary/aromatic N) is 1. The minimum atomic E-state index is 0.282. The van der Waals surface area contributed by atoms with Crippen LogP contribution in [-0.4, -0.2) is 31.6 Å². The van der Waals surface area contributed by atoms with Crippen LogP contribution in [0.25, 0.3) is 0 Å². The van der Waals surface area contributed by atoms with Crippen molar-refractivity contribution in [2.75, 3.05) is 21.1 Å². The third-order valence-corrected chi connectivity index (χ3v) is 3.98. The van der Waals surface area contributed by atoms with Crippen molar-refractivity contribution in [3.8, 4) is 0 Å². The highest BCUT2D eigenvalue weighted by molar-refractivity contribution is 9.10.